The van der Waals surface area contributed by atoms with Crippen LogP contribution in [0.1, 0.15) is 12.5 Å². The van der Waals surface area contributed by atoms with Crippen LogP contribution in [0.3, 0.4) is 0 Å². The second-order valence-electron chi connectivity index (χ2n) is 9.22. The third-order valence-corrected chi connectivity index (χ3v) is 8.79. The molecule has 1 aromatic heterocycles. The van der Waals surface area contributed by atoms with Crippen LogP contribution in [0.25, 0.3) is 0 Å². The van der Waals surface area contributed by atoms with Crippen LogP contribution in [0, 0.1) is 0 Å². The summed E-state index contributed by atoms with van der Waals surface area (Å²) < 4.78 is 31.9. The standard InChI is InChI=1S/C25H27BrCl2N6O4S/c1-25(14-17-3-5-18(26)6-4-17)23(36)33(21-12-19(27)11-20(28)13-21)24-30-15-22(34(24)25)39(37,38)31-8-10-32(16-35)9-7-29-2/h3-6,11-13,15-16,29,31H,7-10,14H2,1-2H3/t25-/m1/s1. The molecular formula is C25H27BrCl2N6O4S. The van der Waals surface area contributed by atoms with E-state index in [4.69, 9.17) is 23.2 Å². The fourth-order valence-electron chi connectivity index (χ4n) is 4.49. The van der Waals surface area contributed by atoms with Gasteiger partial charge in [-0.05, 0) is 49.9 Å². The molecule has 10 nitrogen and oxygen atoms in total. The Balaban J connectivity index is 1.74. The molecule has 0 saturated carbocycles. The van der Waals surface area contributed by atoms with Crippen LogP contribution < -0.4 is 14.9 Å². The van der Waals surface area contributed by atoms with Gasteiger partial charge in [-0.2, -0.15) is 0 Å². The number of imidazole rings is 1. The van der Waals surface area contributed by atoms with Crippen LogP contribution in [0.4, 0.5) is 11.6 Å². The normalized spacial score (nSPS) is 16.9. The minimum absolute atomic E-state index is 0.0176. The van der Waals surface area contributed by atoms with Gasteiger partial charge in [0, 0.05) is 47.1 Å². The Morgan fingerprint density at radius 2 is 1.74 bits per heavy atom. The first kappa shape index (κ1) is 29.5. The van der Waals surface area contributed by atoms with E-state index < -0.39 is 15.6 Å². The molecule has 0 saturated heterocycles. The lowest BCUT2D eigenvalue weighted by molar-refractivity contribution is -0.124. The molecular weight excluding hydrogens is 631 g/mol. The Morgan fingerprint density at radius 3 is 2.36 bits per heavy atom. The summed E-state index contributed by atoms with van der Waals surface area (Å²) >= 11 is 15.9. The highest BCUT2D eigenvalue weighted by molar-refractivity contribution is 9.10. The van der Waals surface area contributed by atoms with Gasteiger partial charge in [0.15, 0.2) is 5.03 Å². The van der Waals surface area contributed by atoms with Crippen molar-refractivity contribution in [2.75, 3.05) is 38.1 Å². The van der Waals surface area contributed by atoms with Crippen molar-refractivity contribution in [3.63, 3.8) is 0 Å². The number of carbonyl (C=O) groups excluding carboxylic acids is 2. The first-order valence-electron chi connectivity index (χ1n) is 12.0. The summed E-state index contributed by atoms with van der Waals surface area (Å²) in [6.45, 7) is 2.84. The van der Waals surface area contributed by atoms with E-state index in [1.165, 1.54) is 20.6 Å². The number of nitrogens with zero attached hydrogens (tertiary/aromatic N) is 4. The van der Waals surface area contributed by atoms with Crippen LogP contribution >= 0.6 is 39.1 Å². The van der Waals surface area contributed by atoms with Gasteiger partial charge < -0.3 is 10.2 Å². The zero-order valence-electron chi connectivity index (χ0n) is 21.2. The summed E-state index contributed by atoms with van der Waals surface area (Å²) in [4.78, 5) is 32.6. The van der Waals surface area contributed by atoms with Crippen LogP contribution in [-0.4, -0.2) is 68.4 Å². The van der Waals surface area contributed by atoms with Gasteiger partial charge in [-0.15, -0.1) is 0 Å². The molecule has 0 radical (unpaired) electrons. The molecule has 2 N–H and O–H groups in total. The Morgan fingerprint density at radius 1 is 1.10 bits per heavy atom. The van der Waals surface area contributed by atoms with Crippen molar-refractivity contribution in [3.05, 3.63) is 68.7 Å². The van der Waals surface area contributed by atoms with Crippen molar-refractivity contribution in [1.29, 1.82) is 0 Å². The van der Waals surface area contributed by atoms with Crippen molar-refractivity contribution in [3.8, 4) is 0 Å². The first-order chi connectivity index (χ1) is 18.5. The molecule has 2 heterocycles. The van der Waals surface area contributed by atoms with E-state index in [1.807, 2.05) is 24.3 Å². The van der Waals surface area contributed by atoms with E-state index in [0.29, 0.717) is 35.2 Å². The lowest BCUT2D eigenvalue weighted by Crippen LogP contribution is -2.43. The lowest BCUT2D eigenvalue weighted by atomic mass is 9.92. The molecule has 14 heteroatoms. The molecule has 0 bridgehead atoms. The summed E-state index contributed by atoms with van der Waals surface area (Å²) in [7, 11) is -2.37. The van der Waals surface area contributed by atoms with Crippen molar-refractivity contribution in [2.24, 2.45) is 0 Å². The van der Waals surface area contributed by atoms with Crippen LogP contribution in [-0.2, 0) is 31.6 Å². The van der Waals surface area contributed by atoms with E-state index in [0.717, 1.165) is 10.0 Å². The number of benzene rings is 2. The number of rotatable bonds is 12. The van der Waals surface area contributed by atoms with E-state index in [-0.39, 0.29) is 36.4 Å². The molecule has 2 amide bonds. The second kappa shape index (κ2) is 11.9. The van der Waals surface area contributed by atoms with Gasteiger partial charge in [0.2, 0.25) is 12.4 Å². The number of sulfonamides is 1. The minimum Gasteiger partial charge on any atom is -0.343 e. The zero-order chi connectivity index (χ0) is 28.4. The highest BCUT2D eigenvalue weighted by Crippen LogP contribution is 2.44. The van der Waals surface area contributed by atoms with Gasteiger partial charge in [-0.1, -0.05) is 51.3 Å². The number of hydrogen-bond donors (Lipinski definition) is 2. The van der Waals surface area contributed by atoms with E-state index in [2.05, 4.69) is 31.0 Å². The van der Waals surface area contributed by atoms with Gasteiger partial charge in [-0.25, -0.2) is 23.0 Å². The quantitative estimate of drug-likeness (QED) is 0.288. The molecule has 208 valence electrons. The number of hydrogen-bond acceptors (Lipinski definition) is 6. The van der Waals surface area contributed by atoms with Crippen LogP contribution in [0.5, 0.6) is 0 Å². The minimum atomic E-state index is -4.13. The van der Waals surface area contributed by atoms with Crippen molar-refractivity contribution < 1.29 is 18.0 Å². The second-order valence-corrected chi connectivity index (χ2v) is 12.7. The number of nitrogens with one attached hydrogen (secondary N) is 2. The maximum absolute atomic E-state index is 14.1. The maximum atomic E-state index is 14.1. The Kier molecular flexibility index (Phi) is 9.04. The molecule has 2 aromatic carbocycles. The highest BCUT2D eigenvalue weighted by atomic mass is 79.9. The molecule has 1 aliphatic heterocycles. The molecule has 3 aromatic rings. The summed E-state index contributed by atoms with van der Waals surface area (Å²) in [5.41, 5.74) is -0.158. The van der Waals surface area contributed by atoms with Crippen molar-refractivity contribution in [1.82, 2.24) is 24.5 Å². The number of anilines is 2. The number of halogens is 3. The Labute approximate surface area is 245 Å². The maximum Gasteiger partial charge on any atom is 0.260 e. The molecule has 0 aliphatic carbocycles. The summed E-state index contributed by atoms with van der Waals surface area (Å²) in [6.07, 6.45) is 2.09. The Bertz CT molecular complexity index is 1460. The molecule has 0 spiro atoms. The molecule has 0 unspecified atom stereocenters. The van der Waals surface area contributed by atoms with E-state index in [9.17, 15) is 18.0 Å². The fourth-order valence-corrected chi connectivity index (χ4v) is 6.49. The first-order valence-corrected chi connectivity index (χ1v) is 15.0. The van der Waals surface area contributed by atoms with Gasteiger partial charge >= 0.3 is 0 Å². The molecule has 1 aliphatic rings. The monoisotopic (exact) mass is 656 g/mol. The summed E-state index contributed by atoms with van der Waals surface area (Å²) in [6, 6.07) is 12.1. The van der Waals surface area contributed by atoms with Crippen LogP contribution in [0.15, 0.2) is 58.2 Å². The Hall–Kier alpha value is -2.48. The number of likely N-dealkylation sites (N-methyl/N-ethyl adjacent to an activating group) is 1. The van der Waals surface area contributed by atoms with Crippen molar-refractivity contribution in [2.45, 2.75) is 23.9 Å². The highest BCUT2D eigenvalue weighted by Gasteiger charge is 2.51. The zero-order valence-corrected chi connectivity index (χ0v) is 25.1. The third-order valence-electron chi connectivity index (χ3n) is 6.40. The molecule has 39 heavy (non-hydrogen) atoms. The van der Waals surface area contributed by atoms with Crippen molar-refractivity contribution >= 4 is 73.1 Å². The molecule has 1 atom stereocenters. The van der Waals surface area contributed by atoms with Gasteiger partial charge in [0.05, 0.1) is 11.9 Å². The predicted molar refractivity (Wildman–Crippen MR) is 154 cm³/mol. The third kappa shape index (κ3) is 6.16. The predicted octanol–water partition coefficient (Wildman–Crippen LogP) is 3.54. The summed E-state index contributed by atoms with van der Waals surface area (Å²) in [5.74, 6) is -0.260. The van der Waals surface area contributed by atoms with Gasteiger partial charge in [0.25, 0.3) is 15.9 Å². The average Bonchev–Trinajstić information content (AvgIpc) is 3.41. The summed E-state index contributed by atoms with van der Waals surface area (Å²) in [5, 5.41) is 3.41. The fraction of sp³-hybridized carbons (Fsp3) is 0.320. The topological polar surface area (TPSA) is 117 Å². The number of fused-ring (bicyclic) bond motifs is 1. The number of amides is 2. The van der Waals surface area contributed by atoms with Gasteiger partial charge in [-0.3, -0.25) is 14.2 Å². The van der Waals surface area contributed by atoms with Gasteiger partial charge in [0.1, 0.15) is 5.54 Å². The van der Waals surface area contributed by atoms with Crippen LogP contribution in [0.2, 0.25) is 10.0 Å². The SMILES string of the molecule is CNCCN(C=O)CCNS(=O)(=O)c1cnc2n1[C@](C)(Cc1ccc(Br)cc1)C(=O)N2c1cc(Cl)cc(Cl)c1. The molecule has 4 rings (SSSR count). The number of aromatic nitrogens is 2. The average molecular weight is 658 g/mol. The number of carbonyl (C=O) groups is 2. The lowest BCUT2D eigenvalue weighted by Gasteiger charge is -2.27. The largest absolute Gasteiger partial charge is 0.343 e. The smallest absolute Gasteiger partial charge is 0.260 e. The molecule has 0 fully saturated rings. The van der Waals surface area contributed by atoms with E-state index >= 15 is 0 Å². The van der Waals surface area contributed by atoms with E-state index in [1.54, 1.807) is 32.2 Å².